The van der Waals surface area contributed by atoms with Gasteiger partial charge in [0.05, 0.1) is 12.0 Å². The van der Waals surface area contributed by atoms with Crippen LogP contribution in [0.3, 0.4) is 0 Å². The van der Waals surface area contributed by atoms with Gasteiger partial charge in [0.2, 0.25) is 10.0 Å². The average Bonchev–Trinajstić information content (AvgIpc) is 2.48. The van der Waals surface area contributed by atoms with Crippen molar-refractivity contribution in [2.24, 2.45) is 11.7 Å². The zero-order chi connectivity index (χ0) is 15.5. The Morgan fingerprint density at radius 2 is 2.05 bits per heavy atom. The van der Waals surface area contributed by atoms with Gasteiger partial charge in [-0.1, -0.05) is 0 Å². The molecule has 0 saturated carbocycles. The largest absolute Gasteiger partial charge is 0.494 e. The summed E-state index contributed by atoms with van der Waals surface area (Å²) in [5.41, 5.74) is 5.53. The molecule has 2 rings (SSSR count). The number of ether oxygens (including phenoxy) is 1. The van der Waals surface area contributed by atoms with Gasteiger partial charge in [-0.25, -0.2) is 12.8 Å². The van der Waals surface area contributed by atoms with Gasteiger partial charge in [-0.2, -0.15) is 4.31 Å². The van der Waals surface area contributed by atoms with Crippen LogP contribution < -0.4 is 10.5 Å². The van der Waals surface area contributed by atoms with Crippen molar-refractivity contribution in [1.29, 1.82) is 0 Å². The first-order chi connectivity index (χ1) is 9.98. The lowest BCUT2D eigenvalue weighted by Crippen LogP contribution is -2.38. The molecule has 1 saturated heterocycles. The second-order valence-corrected chi connectivity index (χ2v) is 7.16. The number of benzene rings is 1. The number of rotatable bonds is 5. The fraction of sp³-hybridized carbons (Fsp3) is 0.571. The number of nitrogens with two attached hydrogens (primary N) is 1. The van der Waals surface area contributed by atoms with Crippen LogP contribution in [0, 0.1) is 11.7 Å². The van der Waals surface area contributed by atoms with Crippen LogP contribution in [-0.4, -0.2) is 39.5 Å². The minimum absolute atomic E-state index is 0.0296. The Bertz CT molecular complexity index is 584. The molecule has 1 aliphatic heterocycles. The predicted molar refractivity (Wildman–Crippen MR) is 78.1 cm³/mol. The van der Waals surface area contributed by atoms with E-state index in [2.05, 4.69) is 0 Å². The highest BCUT2D eigenvalue weighted by molar-refractivity contribution is 7.89. The minimum atomic E-state index is -3.64. The van der Waals surface area contributed by atoms with E-state index in [9.17, 15) is 12.8 Å². The van der Waals surface area contributed by atoms with Gasteiger partial charge in [0.1, 0.15) is 0 Å². The number of nitrogens with zero attached hydrogens (tertiary/aromatic N) is 1. The lowest BCUT2D eigenvalue weighted by atomic mass is 9.95. The van der Waals surface area contributed by atoms with Crippen LogP contribution in [0.2, 0.25) is 0 Å². The van der Waals surface area contributed by atoms with Gasteiger partial charge in [-0.3, -0.25) is 0 Å². The van der Waals surface area contributed by atoms with E-state index in [1.54, 1.807) is 0 Å². The van der Waals surface area contributed by atoms with Crippen molar-refractivity contribution in [3.63, 3.8) is 0 Å². The van der Waals surface area contributed by atoms with Gasteiger partial charge < -0.3 is 10.5 Å². The summed E-state index contributed by atoms with van der Waals surface area (Å²) in [5.74, 6) is -0.152. The first kappa shape index (κ1) is 16.2. The zero-order valence-corrected chi connectivity index (χ0v) is 12.9. The van der Waals surface area contributed by atoms with Crippen molar-refractivity contribution < 1.29 is 17.5 Å². The number of halogens is 1. The molecule has 2 N–H and O–H groups in total. The Labute approximate surface area is 124 Å². The molecule has 1 fully saturated rings. The molecule has 0 amide bonds. The standard InChI is InChI=1S/C14H21FN2O3S/c1-20-14-3-2-12(10-13(14)15)21(18,19)17-8-5-11(4-7-16)6-9-17/h2-3,10-11H,4-9,16H2,1H3. The van der Waals surface area contributed by atoms with E-state index in [-0.39, 0.29) is 10.6 Å². The van der Waals surface area contributed by atoms with Crippen LogP contribution in [0.4, 0.5) is 4.39 Å². The lowest BCUT2D eigenvalue weighted by Gasteiger charge is -2.31. The van der Waals surface area contributed by atoms with Crippen molar-refractivity contribution in [2.75, 3.05) is 26.7 Å². The third kappa shape index (κ3) is 3.53. The van der Waals surface area contributed by atoms with Gasteiger partial charge in [-0.15, -0.1) is 0 Å². The average molecular weight is 316 g/mol. The smallest absolute Gasteiger partial charge is 0.243 e. The first-order valence-electron chi connectivity index (χ1n) is 7.02. The summed E-state index contributed by atoms with van der Waals surface area (Å²) in [6, 6.07) is 3.73. The lowest BCUT2D eigenvalue weighted by molar-refractivity contribution is 0.265. The van der Waals surface area contributed by atoms with Crippen molar-refractivity contribution >= 4 is 10.0 Å². The topological polar surface area (TPSA) is 72.6 Å². The van der Waals surface area contributed by atoms with E-state index >= 15 is 0 Å². The second-order valence-electron chi connectivity index (χ2n) is 5.22. The summed E-state index contributed by atoms with van der Waals surface area (Å²) in [7, 11) is -2.30. The van der Waals surface area contributed by atoms with Crippen molar-refractivity contribution in [3.8, 4) is 5.75 Å². The summed E-state index contributed by atoms with van der Waals surface area (Å²) in [4.78, 5) is -0.0296. The fourth-order valence-electron chi connectivity index (χ4n) is 2.63. The van der Waals surface area contributed by atoms with Crippen LogP contribution in [-0.2, 0) is 10.0 Å². The van der Waals surface area contributed by atoms with Gasteiger partial charge in [-0.05, 0) is 49.9 Å². The van der Waals surface area contributed by atoms with E-state index < -0.39 is 15.8 Å². The summed E-state index contributed by atoms with van der Waals surface area (Å²) >= 11 is 0. The molecule has 0 atom stereocenters. The highest BCUT2D eigenvalue weighted by Gasteiger charge is 2.29. The maximum Gasteiger partial charge on any atom is 0.243 e. The number of sulfonamides is 1. The van der Waals surface area contributed by atoms with Gasteiger partial charge in [0, 0.05) is 13.1 Å². The highest BCUT2D eigenvalue weighted by Crippen LogP contribution is 2.27. The molecule has 1 aromatic rings. The molecule has 0 bridgehead atoms. The van der Waals surface area contributed by atoms with Crippen LogP contribution in [0.5, 0.6) is 5.75 Å². The molecule has 5 nitrogen and oxygen atoms in total. The Hall–Kier alpha value is -1.18. The van der Waals surface area contributed by atoms with Gasteiger partial charge in [0.15, 0.2) is 11.6 Å². The number of hydrogen-bond donors (Lipinski definition) is 1. The van der Waals surface area contributed by atoms with E-state index in [0.29, 0.717) is 25.6 Å². The molecule has 0 spiro atoms. The summed E-state index contributed by atoms with van der Waals surface area (Å²) in [6.45, 7) is 1.54. The minimum Gasteiger partial charge on any atom is -0.494 e. The summed E-state index contributed by atoms with van der Waals surface area (Å²) in [5, 5.41) is 0. The summed E-state index contributed by atoms with van der Waals surface area (Å²) in [6.07, 6.45) is 2.52. The predicted octanol–water partition coefficient (Wildman–Crippen LogP) is 1.58. The van der Waals surface area contributed by atoms with Crippen molar-refractivity contribution in [3.05, 3.63) is 24.0 Å². The molecule has 1 aromatic carbocycles. The molecule has 0 aliphatic carbocycles. The van der Waals surface area contributed by atoms with Gasteiger partial charge >= 0.3 is 0 Å². The first-order valence-corrected chi connectivity index (χ1v) is 8.46. The molecule has 0 aromatic heterocycles. The molecule has 1 heterocycles. The summed E-state index contributed by atoms with van der Waals surface area (Å²) < 4.78 is 44.9. The normalized spacial score (nSPS) is 17.9. The van der Waals surface area contributed by atoms with E-state index in [0.717, 1.165) is 25.3 Å². The van der Waals surface area contributed by atoms with E-state index in [1.165, 1.54) is 23.5 Å². The Kier molecular flexibility index (Phi) is 5.18. The fourth-order valence-corrected chi connectivity index (χ4v) is 4.11. The Balaban J connectivity index is 2.14. The van der Waals surface area contributed by atoms with Crippen molar-refractivity contribution in [2.45, 2.75) is 24.2 Å². The van der Waals surface area contributed by atoms with Crippen LogP contribution in [0.1, 0.15) is 19.3 Å². The van der Waals surface area contributed by atoms with Crippen molar-refractivity contribution in [1.82, 2.24) is 4.31 Å². The van der Waals surface area contributed by atoms with Crippen LogP contribution in [0.25, 0.3) is 0 Å². The third-order valence-electron chi connectivity index (χ3n) is 3.91. The zero-order valence-electron chi connectivity index (χ0n) is 12.1. The molecule has 118 valence electrons. The van der Waals surface area contributed by atoms with Gasteiger partial charge in [0.25, 0.3) is 0 Å². The second kappa shape index (κ2) is 6.72. The molecular weight excluding hydrogens is 295 g/mol. The number of piperidine rings is 1. The third-order valence-corrected chi connectivity index (χ3v) is 5.80. The SMILES string of the molecule is COc1ccc(S(=O)(=O)N2CCC(CCN)CC2)cc1F. The highest BCUT2D eigenvalue weighted by atomic mass is 32.2. The van der Waals surface area contributed by atoms with E-state index in [4.69, 9.17) is 10.5 Å². The Morgan fingerprint density at radius 3 is 2.57 bits per heavy atom. The molecule has 7 heteroatoms. The van der Waals surface area contributed by atoms with E-state index in [1.807, 2.05) is 0 Å². The number of methoxy groups -OCH3 is 1. The molecule has 21 heavy (non-hydrogen) atoms. The maximum absolute atomic E-state index is 13.7. The molecule has 0 radical (unpaired) electrons. The molecule has 0 unspecified atom stereocenters. The molecular formula is C14H21FN2O3S. The van der Waals surface area contributed by atoms with Crippen LogP contribution in [0.15, 0.2) is 23.1 Å². The maximum atomic E-state index is 13.7. The number of hydrogen-bond acceptors (Lipinski definition) is 4. The quantitative estimate of drug-likeness (QED) is 0.895. The Morgan fingerprint density at radius 1 is 1.38 bits per heavy atom. The van der Waals surface area contributed by atoms with Crippen LogP contribution >= 0.6 is 0 Å². The monoisotopic (exact) mass is 316 g/mol. The molecule has 1 aliphatic rings.